The summed E-state index contributed by atoms with van der Waals surface area (Å²) in [4.78, 5) is 3.86. The van der Waals surface area contributed by atoms with Gasteiger partial charge in [0.15, 0.2) is 10.8 Å². The van der Waals surface area contributed by atoms with Crippen LogP contribution in [0.5, 0.6) is 0 Å². The molecular formula is C5H4ClN3S. The number of nitriles is 1. The molecule has 0 aliphatic rings. The molecule has 0 aliphatic heterocycles. The maximum absolute atomic E-state index is 8.41. The number of nitrogens with zero attached hydrogens (tertiary/aromatic N) is 2. The third-order valence-corrected chi connectivity index (χ3v) is 2.18. The molecule has 10 heavy (non-hydrogen) atoms. The monoisotopic (exact) mass is 173 g/mol. The largest absolute Gasteiger partial charge is 0.365 e. The van der Waals surface area contributed by atoms with Crippen molar-refractivity contribution in [1.29, 1.82) is 5.26 Å². The van der Waals surface area contributed by atoms with Gasteiger partial charge in [-0.2, -0.15) is 5.26 Å². The lowest BCUT2D eigenvalue weighted by atomic mass is 10.6. The number of aromatic nitrogens is 1. The maximum Gasteiger partial charge on any atom is 0.185 e. The van der Waals surface area contributed by atoms with Gasteiger partial charge in [-0.05, 0) is 0 Å². The summed E-state index contributed by atoms with van der Waals surface area (Å²) in [6.45, 7) is 0. The quantitative estimate of drug-likeness (QED) is 0.704. The topological polar surface area (TPSA) is 48.7 Å². The lowest BCUT2D eigenvalue weighted by Crippen LogP contribution is -1.85. The van der Waals surface area contributed by atoms with Crippen LogP contribution >= 0.6 is 22.9 Å². The smallest absolute Gasteiger partial charge is 0.185 e. The Morgan fingerprint density at radius 1 is 1.80 bits per heavy atom. The third-order valence-electron chi connectivity index (χ3n) is 0.906. The first kappa shape index (κ1) is 7.32. The van der Waals surface area contributed by atoms with Gasteiger partial charge >= 0.3 is 0 Å². The van der Waals surface area contributed by atoms with E-state index < -0.39 is 0 Å². The standard InChI is InChI=1S/C5H4ClN3S/c1-8-5-9-3(2-7)4(6)10-5/h1H3,(H,8,9). The third kappa shape index (κ3) is 1.20. The highest BCUT2D eigenvalue weighted by Crippen LogP contribution is 2.26. The highest BCUT2D eigenvalue weighted by molar-refractivity contribution is 7.19. The van der Waals surface area contributed by atoms with Gasteiger partial charge in [0.05, 0.1) is 0 Å². The molecule has 0 radical (unpaired) electrons. The predicted molar refractivity (Wildman–Crippen MR) is 41.4 cm³/mol. The van der Waals surface area contributed by atoms with Crippen molar-refractivity contribution in [2.45, 2.75) is 0 Å². The lowest BCUT2D eigenvalue weighted by molar-refractivity contribution is 1.31. The first-order valence-electron chi connectivity index (χ1n) is 2.52. The SMILES string of the molecule is CNc1nc(C#N)c(Cl)s1. The molecule has 0 fully saturated rings. The Labute approximate surface area is 67.3 Å². The number of nitrogens with one attached hydrogen (secondary N) is 1. The number of hydrogen-bond donors (Lipinski definition) is 1. The minimum absolute atomic E-state index is 0.288. The highest BCUT2D eigenvalue weighted by atomic mass is 35.5. The highest BCUT2D eigenvalue weighted by Gasteiger charge is 2.05. The molecule has 0 amide bonds. The van der Waals surface area contributed by atoms with Crippen LogP contribution in [-0.2, 0) is 0 Å². The molecule has 3 nitrogen and oxygen atoms in total. The molecule has 0 saturated heterocycles. The molecule has 1 N–H and O–H groups in total. The van der Waals surface area contributed by atoms with E-state index in [2.05, 4.69) is 10.3 Å². The maximum atomic E-state index is 8.41. The van der Waals surface area contributed by atoms with Crippen molar-refractivity contribution in [3.8, 4) is 6.07 Å². The van der Waals surface area contributed by atoms with Crippen LogP contribution in [0.25, 0.3) is 0 Å². The average molecular weight is 174 g/mol. The Morgan fingerprint density at radius 3 is 2.80 bits per heavy atom. The fraction of sp³-hybridized carbons (Fsp3) is 0.200. The zero-order valence-electron chi connectivity index (χ0n) is 5.18. The molecule has 0 aliphatic carbocycles. The Hall–Kier alpha value is -0.790. The Bertz CT molecular complexity index is 275. The van der Waals surface area contributed by atoms with Gasteiger partial charge in [0.1, 0.15) is 10.4 Å². The van der Waals surface area contributed by atoms with Gasteiger partial charge in [0.25, 0.3) is 0 Å². The minimum Gasteiger partial charge on any atom is -0.365 e. The van der Waals surface area contributed by atoms with Gasteiger partial charge in [-0.15, -0.1) is 0 Å². The average Bonchev–Trinajstić information content (AvgIpc) is 2.30. The van der Waals surface area contributed by atoms with Crippen LogP contribution < -0.4 is 5.32 Å². The van der Waals surface area contributed by atoms with Crippen LogP contribution in [0.4, 0.5) is 5.13 Å². The van der Waals surface area contributed by atoms with E-state index in [-0.39, 0.29) is 5.69 Å². The molecule has 1 heterocycles. The van der Waals surface area contributed by atoms with Crippen molar-refractivity contribution < 1.29 is 0 Å². The Balaban J connectivity index is 3.07. The van der Waals surface area contributed by atoms with Crippen LogP contribution in [0, 0.1) is 11.3 Å². The summed E-state index contributed by atoms with van der Waals surface area (Å²) in [5.41, 5.74) is 0.288. The molecule has 0 spiro atoms. The molecule has 0 saturated carbocycles. The van der Waals surface area contributed by atoms with Gasteiger partial charge in [-0.1, -0.05) is 22.9 Å². The van der Waals surface area contributed by atoms with Crippen LogP contribution in [0.1, 0.15) is 5.69 Å². The summed E-state index contributed by atoms with van der Waals surface area (Å²) in [7, 11) is 1.73. The molecule has 1 aromatic rings. The molecule has 52 valence electrons. The fourth-order valence-electron chi connectivity index (χ4n) is 0.477. The second-order valence-electron chi connectivity index (χ2n) is 1.50. The molecular weight excluding hydrogens is 170 g/mol. The molecule has 0 atom stereocenters. The summed E-state index contributed by atoms with van der Waals surface area (Å²) >= 11 is 6.88. The van der Waals surface area contributed by atoms with Crippen molar-refractivity contribution in [3.63, 3.8) is 0 Å². The summed E-state index contributed by atoms with van der Waals surface area (Å²) in [6, 6.07) is 1.88. The summed E-state index contributed by atoms with van der Waals surface area (Å²) in [6.07, 6.45) is 0. The second kappa shape index (κ2) is 2.86. The fourth-order valence-corrected chi connectivity index (χ4v) is 1.38. The van der Waals surface area contributed by atoms with Crippen molar-refractivity contribution >= 4 is 28.1 Å². The lowest BCUT2D eigenvalue weighted by Gasteiger charge is -1.84. The van der Waals surface area contributed by atoms with Crippen LogP contribution in [0.15, 0.2) is 0 Å². The second-order valence-corrected chi connectivity index (χ2v) is 3.10. The van der Waals surface area contributed by atoms with Gasteiger partial charge < -0.3 is 5.32 Å². The predicted octanol–water partition coefficient (Wildman–Crippen LogP) is 1.71. The summed E-state index contributed by atoms with van der Waals surface area (Å²) in [5, 5.41) is 11.9. The molecule has 0 bridgehead atoms. The van der Waals surface area contributed by atoms with E-state index in [9.17, 15) is 0 Å². The number of rotatable bonds is 1. The van der Waals surface area contributed by atoms with Gasteiger partial charge in [-0.25, -0.2) is 4.98 Å². The van der Waals surface area contributed by atoms with E-state index in [0.717, 1.165) is 0 Å². The summed E-state index contributed by atoms with van der Waals surface area (Å²) in [5.74, 6) is 0. The van der Waals surface area contributed by atoms with Crippen molar-refractivity contribution in [2.75, 3.05) is 12.4 Å². The minimum atomic E-state index is 0.288. The first-order chi connectivity index (χ1) is 4.77. The van der Waals surface area contributed by atoms with Crippen molar-refractivity contribution in [2.24, 2.45) is 0 Å². The number of anilines is 1. The molecule has 0 aromatic carbocycles. The Morgan fingerprint density at radius 2 is 2.50 bits per heavy atom. The normalized spacial score (nSPS) is 8.90. The van der Waals surface area contributed by atoms with E-state index in [1.807, 2.05) is 6.07 Å². The Kier molecular flexibility index (Phi) is 2.10. The van der Waals surface area contributed by atoms with E-state index in [4.69, 9.17) is 16.9 Å². The molecule has 5 heteroatoms. The van der Waals surface area contributed by atoms with Gasteiger partial charge in [0.2, 0.25) is 0 Å². The molecule has 1 aromatic heterocycles. The van der Waals surface area contributed by atoms with Crippen molar-refractivity contribution in [1.82, 2.24) is 4.98 Å². The van der Waals surface area contributed by atoms with E-state index in [0.29, 0.717) is 9.47 Å². The van der Waals surface area contributed by atoms with Gasteiger partial charge in [-0.3, -0.25) is 0 Å². The van der Waals surface area contributed by atoms with E-state index in [1.54, 1.807) is 7.05 Å². The number of thiazole rings is 1. The van der Waals surface area contributed by atoms with Crippen LogP contribution in [-0.4, -0.2) is 12.0 Å². The van der Waals surface area contributed by atoms with Gasteiger partial charge in [0, 0.05) is 7.05 Å². The van der Waals surface area contributed by atoms with E-state index >= 15 is 0 Å². The molecule has 1 rings (SSSR count). The number of halogens is 1. The van der Waals surface area contributed by atoms with Crippen molar-refractivity contribution in [3.05, 3.63) is 10.0 Å². The van der Waals surface area contributed by atoms with E-state index in [1.165, 1.54) is 11.3 Å². The first-order valence-corrected chi connectivity index (χ1v) is 3.71. The van der Waals surface area contributed by atoms with Crippen LogP contribution in [0.2, 0.25) is 4.34 Å². The zero-order valence-corrected chi connectivity index (χ0v) is 6.75. The number of hydrogen-bond acceptors (Lipinski definition) is 4. The zero-order chi connectivity index (χ0) is 7.56. The molecule has 0 unspecified atom stereocenters. The van der Waals surface area contributed by atoms with Crippen LogP contribution in [0.3, 0.4) is 0 Å². The summed E-state index contributed by atoms with van der Waals surface area (Å²) < 4.78 is 0.437.